The number of rotatable bonds is 4. The minimum absolute atomic E-state index is 0.324. The van der Waals surface area contributed by atoms with Crippen molar-refractivity contribution in [1.82, 2.24) is 0 Å². The lowest BCUT2D eigenvalue weighted by molar-refractivity contribution is 0.532. The zero-order chi connectivity index (χ0) is 15.5. The summed E-state index contributed by atoms with van der Waals surface area (Å²) < 4.78 is 24.9. The van der Waals surface area contributed by atoms with Crippen LogP contribution in [0.25, 0.3) is 10.8 Å². The van der Waals surface area contributed by atoms with Crippen molar-refractivity contribution < 1.29 is 8.76 Å². The molecule has 3 aromatic carbocycles. The van der Waals surface area contributed by atoms with E-state index in [0.717, 1.165) is 21.9 Å². The van der Waals surface area contributed by atoms with Crippen LogP contribution in [0.4, 0.5) is 5.69 Å². The molecule has 0 saturated heterocycles. The van der Waals surface area contributed by atoms with Crippen molar-refractivity contribution >= 4 is 27.7 Å². The van der Waals surface area contributed by atoms with Crippen LogP contribution in [0.5, 0.6) is 0 Å². The van der Waals surface area contributed by atoms with Crippen LogP contribution in [-0.2, 0) is 17.8 Å². The summed E-state index contributed by atoms with van der Waals surface area (Å²) in [6, 6.07) is 21.4. The molecule has 0 fully saturated rings. The Morgan fingerprint density at radius 2 is 1.64 bits per heavy atom. The lowest BCUT2D eigenvalue weighted by atomic mass is 10.1. The Kier molecular flexibility index (Phi) is 4.22. The quantitative estimate of drug-likeness (QED) is 0.685. The van der Waals surface area contributed by atoms with Crippen molar-refractivity contribution in [2.24, 2.45) is 0 Å². The van der Waals surface area contributed by atoms with E-state index in [4.69, 9.17) is 0 Å². The Balaban J connectivity index is 2.03. The summed E-state index contributed by atoms with van der Waals surface area (Å²) in [4.78, 5) is 0. The first-order chi connectivity index (χ1) is 10.6. The molecular weight excluding hydrogens is 294 g/mol. The molecule has 112 valence electrons. The van der Waals surface area contributed by atoms with E-state index in [9.17, 15) is 8.76 Å². The first-order valence-electron chi connectivity index (χ1n) is 7.05. The average molecular weight is 310 g/mol. The minimum Gasteiger partial charge on any atom is -0.755 e. The summed E-state index contributed by atoms with van der Waals surface area (Å²) in [5.41, 5.74) is 2.82. The second-order valence-electron chi connectivity index (χ2n) is 5.24. The predicted octanol–water partition coefficient (Wildman–Crippen LogP) is 3.95. The molecule has 0 aliphatic rings. The molecule has 3 rings (SSSR count). The fourth-order valence-corrected chi connectivity index (χ4v) is 3.08. The second-order valence-corrected chi connectivity index (χ2v) is 6.11. The van der Waals surface area contributed by atoms with Gasteiger partial charge >= 0.3 is 0 Å². The van der Waals surface area contributed by atoms with Gasteiger partial charge in [0.25, 0.3) is 0 Å². The summed E-state index contributed by atoms with van der Waals surface area (Å²) in [5, 5.41) is 1.96. The maximum atomic E-state index is 11.7. The molecule has 0 spiro atoms. The van der Waals surface area contributed by atoms with Crippen molar-refractivity contribution in [3.05, 3.63) is 77.9 Å². The summed E-state index contributed by atoms with van der Waals surface area (Å²) >= 11 is -2.33. The third kappa shape index (κ3) is 3.03. The Morgan fingerprint density at radius 1 is 0.955 bits per heavy atom. The molecule has 3 aromatic rings. The monoisotopic (exact) mass is 310 g/mol. The second kappa shape index (κ2) is 6.30. The van der Waals surface area contributed by atoms with Crippen LogP contribution < -0.4 is 4.31 Å². The molecule has 0 aromatic heterocycles. The Labute approximate surface area is 132 Å². The van der Waals surface area contributed by atoms with Gasteiger partial charge in [-0.3, -0.25) is 8.51 Å². The molecule has 3 nitrogen and oxygen atoms in total. The molecule has 0 aliphatic carbocycles. The van der Waals surface area contributed by atoms with Gasteiger partial charge in [-0.05, 0) is 23.9 Å². The molecule has 0 heterocycles. The third-order valence-corrected chi connectivity index (χ3v) is 4.35. The van der Waals surface area contributed by atoms with Gasteiger partial charge in [0, 0.05) is 16.7 Å². The number of aryl methyl sites for hydroxylation is 1. The normalized spacial score (nSPS) is 12.3. The summed E-state index contributed by atoms with van der Waals surface area (Å²) in [7, 11) is 0. The summed E-state index contributed by atoms with van der Waals surface area (Å²) in [6.07, 6.45) is 0. The van der Waals surface area contributed by atoms with E-state index in [1.165, 1.54) is 4.31 Å². The van der Waals surface area contributed by atoms with Crippen LogP contribution in [0.3, 0.4) is 0 Å². The van der Waals surface area contributed by atoms with Crippen molar-refractivity contribution in [1.29, 1.82) is 0 Å². The molecule has 0 amide bonds. The summed E-state index contributed by atoms with van der Waals surface area (Å²) in [5.74, 6) is 0. The standard InChI is InChI=1S/C18H17NO2S/c1-14-9-11-15(12-10-14)13-19(22(20)21)18-8-4-6-16-5-2-3-7-17(16)18/h2-12H,13H2,1H3,(H,20,21)/p-1. The largest absolute Gasteiger partial charge is 0.755 e. The molecule has 0 radical (unpaired) electrons. The SMILES string of the molecule is Cc1ccc(CN(c2cccc3ccccc23)S(=O)[O-])cc1. The van der Waals surface area contributed by atoms with Crippen molar-refractivity contribution in [2.75, 3.05) is 4.31 Å². The van der Waals surface area contributed by atoms with Gasteiger partial charge in [-0.2, -0.15) is 0 Å². The number of nitrogens with zero attached hydrogens (tertiary/aromatic N) is 1. The molecule has 0 aliphatic heterocycles. The zero-order valence-electron chi connectivity index (χ0n) is 12.2. The topological polar surface area (TPSA) is 43.4 Å². The van der Waals surface area contributed by atoms with E-state index in [1.54, 1.807) is 0 Å². The molecule has 4 heteroatoms. The molecule has 1 unspecified atom stereocenters. The molecule has 0 saturated carbocycles. The smallest absolute Gasteiger partial charge is 0.0564 e. The van der Waals surface area contributed by atoms with E-state index in [-0.39, 0.29) is 0 Å². The highest BCUT2D eigenvalue weighted by atomic mass is 32.2. The molecule has 0 N–H and O–H groups in total. The number of hydrogen-bond donors (Lipinski definition) is 0. The lowest BCUT2D eigenvalue weighted by Gasteiger charge is -2.27. The molecular formula is C18H16NO2S-. The fraction of sp³-hybridized carbons (Fsp3) is 0.111. The van der Waals surface area contributed by atoms with Crippen molar-refractivity contribution in [2.45, 2.75) is 13.5 Å². The number of anilines is 1. The Bertz CT molecular complexity index is 809. The van der Waals surface area contributed by atoms with Gasteiger partial charge in [-0.1, -0.05) is 66.2 Å². The Hall–Kier alpha value is -2.17. The predicted molar refractivity (Wildman–Crippen MR) is 90.2 cm³/mol. The van der Waals surface area contributed by atoms with Crippen LogP contribution in [-0.4, -0.2) is 8.76 Å². The van der Waals surface area contributed by atoms with E-state index in [1.807, 2.05) is 73.7 Å². The molecule has 0 bridgehead atoms. The van der Waals surface area contributed by atoms with Gasteiger partial charge in [-0.25, -0.2) is 0 Å². The first-order valence-corrected chi connectivity index (χ1v) is 8.08. The number of hydrogen-bond acceptors (Lipinski definition) is 2. The maximum absolute atomic E-state index is 11.7. The zero-order valence-corrected chi connectivity index (χ0v) is 13.0. The van der Waals surface area contributed by atoms with Crippen molar-refractivity contribution in [3.8, 4) is 0 Å². The highest BCUT2D eigenvalue weighted by Crippen LogP contribution is 2.28. The fourth-order valence-electron chi connectivity index (χ4n) is 2.50. The Morgan fingerprint density at radius 3 is 2.36 bits per heavy atom. The van der Waals surface area contributed by atoms with Crippen LogP contribution in [0, 0.1) is 6.92 Å². The van der Waals surface area contributed by atoms with Crippen LogP contribution in [0.15, 0.2) is 66.7 Å². The molecule has 22 heavy (non-hydrogen) atoms. The van der Waals surface area contributed by atoms with Crippen molar-refractivity contribution in [3.63, 3.8) is 0 Å². The van der Waals surface area contributed by atoms with E-state index in [2.05, 4.69) is 0 Å². The first kappa shape index (κ1) is 14.8. The lowest BCUT2D eigenvalue weighted by Crippen LogP contribution is -2.25. The van der Waals surface area contributed by atoms with Gasteiger partial charge in [0.05, 0.1) is 12.2 Å². The van der Waals surface area contributed by atoms with Gasteiger partial charge in [0.15, 0.2) is 0 Å². The third-order valence-electron chi connectivity index (χ3n) is 3.66. The van der Waals surface area contributed by atoms with Crippen LogP contribution in [0.2, 0.25) is 0 Å². The van der Waals surface area contributed by atoms with E-state index in [0.29, 0.717) is 12.2 Å². The number of fused-ring (bicyclic) bond motifs is 1. The molecule has 1 atom stereocenters. The van der Waals surface area contributed by atoms with Crippen LogP contribution >= 0.6 is 0 Å². The van der Waals surface area contributed by atoms with E-state index < -0.39 is 11.3 Å². The average Bonchev–Trinajstić information content (AvgIpc) is 2.54. The highest BCUT2D eigenvalue weighted by molar-refractivity contribution is 7.80. The summed E-state index contributed by atoms with van der Waals surface area (Å²) in [6.45, 7) is 2.34. The number of benzene rings is 3. The minimum atomic E-state index is -2.33. The maximum Gasteiger partial charge on any atom is 0.0564 e. The van der Waals surface area contributed by atoms with Gasteiger partial charge < -0.3 is 4.55 Å². The van der Waals surface area contributed by atoms with Gasteiger partial charge in [0.1, 0.15) is 0 Å². The van der Waals surface area contributed by atoms with Gasteiger partial charge in [0.2, 0.25) is 0 Å². The van der Waals surface area contributed by atoms with Gasteiger partial charge in [-0.15, -0.1) is 0 Å². The van der Waals surface area contributed by atoms with Crippen LogP contribution in [0.1, 0.15) is 11.1 Å². The van der Waals surface area contributed by atoms with E-state index >= 15 is 0 Å². The highest BCUT2D eigenvalue weighted by Gasteiger charge is 2.11.